The Morgan fingerprint density at radius 3 is 2.67 bits per heavy atom. The predicted octanol–water partition coefficient (Wildman–Crippen LogP) is 2.79. The zero-order valence-electron chi connectivity index (χ0n) is 15.9. The third kappa shape index (κ3) is 3.61. The molecule has 2 aliphatic rings. The first-order valence-corrected chi connectivity index (χ1v) is 9.13. The molecule has 0 saturated carbocycles. The van der Waals surface area contributed by atoms with E-state index in [1.807, 2.05) is 19.1 Å². The van der Waals surface area contributed by atoms with Crippen LogP contribution in [-0.4, -0.2) is 36.0 Å². The van der Waals surface area contributed by atoms with Crippen LogP contribution in [0.3, 0.4) is 0 Å². The van der Waals surface area contributed by atoms with Crippen LogP contribution < -0.4 is 10.6 Å². The number of anilines is 1. The van der Waals surface area contributed by atoms with Crippen LogP contribution in [0.25, 0.3) is 0 Å². The van der Waals surface area contributed by atoms with Gasteiger partial charge in [0.15, 0.2) is 0 Å². The Hall–Kier alpha value is -3.75. The number of nitrogens with one attached hydrogen (secondary N) is 2. The maximum Gasteiger partial charge on any atom is 0.338 e. The molecule has 9 heteroatoms. The third-order valence-corrected chi connectivity index (χ3v) is 4.91. The van der Waals surface area contributed by atoms with Crippen molar-refractivity contribution in [3.63, 3.8) is 0 Å². The summed E-state index contributed by atoms with van der Waals surface area (Å²) in [7, 11) is 0. The van der Waals surface area contributed by atoms with Crippen molar-refractivity contribution in [3.05, 3.63) is 76.5 Å². The summed E-state index contributed by atoms with van der Waals surface area (Å²) in [5, 5.41) is 4.94. The molecule has 0 aromatic heterocycles. The lowest BCUT2D eigenvalue weighted by Crippen LogP contribution is -2.49. The zero-order valence-corrected chi connectivity index (χ0v) is 15.9. The minimum atomic E-state index is -0.813. The molecule has 0 radical (unpaired) electrons. The molecule has 1 atom stereocenters. The van der Waals surface area contributed by atoms with E-state index in [2.05, 4.69) is 10.6 Å². The van der Waals surface area contributed by atoms with Crippen molar-refractivity contribution in [1.82, 2.24) is 10.2 Å². The number of esters is 1. The normalized spacial score (nSPS) is 18.1. The molecule has 0 fully saturated rings. The maximum atomic E-state index is 13.8. The molecule has 0 bridgehead atoms. The van der Waals surface area contributed by atoms with E-state index < -0.39 is 42.1 Å². The number of halogens is 2. The van der Waals surface area contributed by atoms with Gasteiger partial charge in [-0.1, -0.05) is 29.8 Å². The van der Waals surface area contributed by atoms with Crippen LogP contribution in [0.4, 0.5) is 19.3 Å². The van der Waals surface area contributed by atoms with Gasteiger partial charge in [-0.05, 0) is 24.6 Å². The molecular weight excluding hydrogens is 396 g/mol. The largest absolute Gasteiger partial charge is 0.456 e. The van der Waals surface area contributed by atoms with Gasteiger partial charge in [0.25, 0.3) is 0 Å². The van der Waals surface area contributed by atoms with Crippen molar-refractivity contribution in [2.24, 2.45) is 0 Å². The van der Waals surface area contributed by atoms with Crippen molar-refractivity contribution in [2.75, 3.05) is 18.5 Å². The molecule has 7 nitrogen and oxygen atoms in total. The summed E-state index contributed by atoms with van der Waals surface area (Å²) in [6.45, 7) is 1.25. The Morgan fingerprint density at radius 1 is 1.20 bits per heavy atom. The fourth-order valence-electron chi connectivity index (χ4n) is 3.41. The van der Waals surface area contributed by atoms with Crippen LogP contribution in [0.5, 0.6) is 0 Å². The first-order chi connectivity index (χ1) is 14.3. The van der Waals surface area contributed by atoms with E-state index in [4.69, 9.17) is 4.74 Å². The van der Waals surface area contributed by atoms with E-state index in [9.17, 15) is 23.2 Å². The molecule has 2 heterocycles. The summed E-state index contributed by atoms with van der Waals surface area (Å²) in [6.07, 6.45) is 0. The monoisotopic (exact) mass is 413 g/mol. The van der Waals surface area contributed by atoms with Crippen molar-refractivity contribution >= 4 is 23.6 Å². The number of urea groups is 1. The van der Waals surface area contributed by atoms with Crippen LogP contribution in [-0.2, 0) is 14.3 Å². The van der Waals surface area contributed by atoms with Crippen molar-refractivity contribution in [1.29, 1.82) is 0 Å². The second-order valence-corrected chi connectivity index (χ2v) is 6.99. The summed E-state index contributed by atoms with van der Waals surface area (Å²) in [6, 6.07) is 8.64. The molecule has 1 unspecified atom stereocenters. The summed E-state index contributed by atoms with van der Waals surface area (Å²) < 4.78 is 32.2. The number of rotatable bonds is 4. The number of hydrogen-bond donors (Lipinski definition) is 2. The molecule has 0 saturated heterocycles. The van der Waals surface area contributed by atoms with Crippen LogP contribution >= 0.6 is 0 Å². The summed E-state index contributed by atoms with van der Waals surface area (Å²) in [5.74, 6) is -2.87. The first kappa shape index (κ1) is 19.6. The Morgan fingerprint density at radius 2 is 1.93 bits per heavy atom. The lowest BCUT2D eigenvalue weighted by molar-refractivity contribution is -0.136. The molecule has 4 rings (SSSR count). The Balaban J connectivity index is 1.59. The smallest absolute Gasteiger partial charge is 0.338 e. The number of nitrogens with zero attached hydrogens (tertiary/aromatic N) is 1. The van der Waals surface area contributed by atoms with Crippen LogP contribution in [0.15, 0.2) is 53.7 Å². The molecule has 154 valence electrons. The Kier molecular flexibility index (Phi) is 4.94. The number of carbonyl (C=O) groups excluding carboxylic acids is 3. The van der Waals surface area contributed by atoms with Crippen LogP contribution in [0.1, 0.15) is 17.2 Å². The van der Waals surface area contributed by atoms with Crippen molar-refractivity contribution in [2.45, 2.75) is 13.0 Å². The summed E-state index contributed by atoms with van der Waals surface area (Å²) >= 11 is 0. The molecule has 3 amide bonds. The van der Waals surface area contributed by atoms with E-state index in [1.54, 1.807) is 12.1 Å². The second kappa shape index (κ2) is 7.58. The fourth-order valence-corrected chi connectivity index (χ4v) is 3.41. The highest BCUT2D eigenvalue weighted by atomic mass is 19.1. The lowest BCUT2D eigenvalue weighted by Gasteiger charge is -2.32. The van der Waals surface area contributed by atoms with Gasteiger partial charge >= 0.3 is 12.0 Å². The van der Waals surface area contributed by atoms with E-state index >= 15 is 0 Å². The molecule has 0 spiro atoms. The second-order valence-electron chi connectivity index (χ2n) is 6.99. The van der Waals surface area contributed by atoms with E-state index in [0.717, 1.165) is 28.7 Å². The quantitative estimate of drug-likeness (QED) is 0.755. The van der Waals surface area contributed by atoms with Crippen molar-refractivity contribution in [3.8, 4) is 0 Å². The molecular formula is C21H17F2N3O4. The highest BCUT2D eigenvalue weighted by Crippen LogP contribution is 2.35. The number of benzene rings is 2. The summed E-state index contributed by atoms with van der Waals surface area (Å²) in [4.78, 5) is 38.5. The SMILES string of the molecule is Cc1ccc(C2NC(=O)N(CC(=O)Nc3cc(F)ccc3F)C3=C2C(=O)OC3)cc1. The molecule has 2 aromatic carbocycles. The highest BCUT2D eigenvalue weighted by molar-refractivity contribution is 6.00. The molecule has 0 aliphatic carbocycles. The van der Waals surface area contributed by atoms with E-state index in [-0.39, 0.29) is 23.6 Å². The predicted molar refractivity (Wildman–Crippen MR) is 102 cm³/mol. The fraction of sp³-hybridized carbons (Fsp3) is 0.190. The summed E-state index contributed by atoms with van der Waals surface area (Å²) in [5.41, 5.74) is 1.88. The first-order valence-electron chi connectivity index (χ1n) is 9.13. The maximum absolute atomic E-state index is 13.8. The molecule has 2 aliphatic heterocycles. The average molecular weight is 413 g/mol. The van der Waals surface area contributed by atoms with Gasteiger partial charge in [-0.2, -0.15) is 0 Å². The van der Waals surface area contributed by atoms with Gasteiger partial charge < -0.3 is 15.4 Å². The van der Waals surface area contributed by atoms with Crippen molar-refractivity contribution < 1.29 is 27.9 Å². The topological polar surface area (TPSA) is 87.7 Å². The number of aryl methyl sites for hydroxylation is 1. The number of cyclic esters (lactones) is 1. The average Bonchev–Trinajstić information content (AvgIpc) is 3.09. The minimum absolute atomic E-state index is 0.161. The molecule has 2 aromatic rings. The van der Waals surface area contributed by atoms with Gasteiger partial charge in [0.1, 0.15) is 24.8 Å². The zero-order chi connectivity index (χ0) is 21.4. The number of carbonyl (C=O) groups is 3. The standard InChI is InChI=1S/C21H17F2N3O4/c1-11-2-4-12(5-3-11)19-18-16(10-30-20(18)28)26(21(29)25-19)9-17(27)24-15-8-13(22)6-7-14(15)23/h2-8,19H,9-10H2,1H3,(H,24,27)(H,25,29). The van der Waals surface area contributed by atoms with Gasteiger partial charge in [-0.3, -0.25) is 9.69 Å². The van der Waals surface area contributed by atoms with Gasteiger partial charge in [0.05, 0.1) is 23.0 Å². The highest BCUT2D eigenvalue weighted by Gasteiger charge is 2.42. The van der Waals surface area contributed by atoms with Gasteiger partial charge in [-0.15, -0.1) is 0 Å². The Labute approximate surface area is 170 Å². The van der Waals surface area contributed by atoms with Gasteiger partial charge in [0.2, 0.25) is 5.91 Å². The van der Waals surface area contributed by atoms with Gasteiger partial charge in [0, 0.05) is 6.07 Å². The Bertz CT molecular complexity index is 1080. The number of hydrogen-bond acceptors (Lipinski definition) is 4. The lowest BCUT2D eigenvalue weighted by atomic mass is 9.95. The van der Waals surface area contributed by atoms with E-state index in [0.29, 0.717) is 5.56 Å². The number of ether oxygens (including phenoxy) is 1. The van der Waals surface area contributed by atoms with Crippen LogP contribution in [0, 0.1) is 18.6 Å². The molecule has 30 heavy (non-hydrogen) atoms. The van der Waals surface area contributed by atoms with E-state index in [1.165, 1.54) is 0 Å². The van der Waals surface area contributed by atoms with Gasteiger partial charge in [-0.25, -0.2) is 18.4 Å². The van der Waals surface area contributed by atoms with Crippen LogP contribution in [0.2, 0.25) is 0 Å². The third-order valence-electron chi connectivity index (χ3n) is 4.91. The minimum Gasteiger partial charge on any atom is -0.456 e. The number of amides is 3. The molecule has 2 N–H and O–H groups in total.